The number of allylic oxidation sites excluding steroid dienone is 1. The maximum absolute atomic E-state index is 15.7. The van der Waals surface area contributed by atoms with E-state index in [0.29, 0.717) is 17.9 Å². The zero-order valence-electron chi connectivity index (χ0n) is 25.1. The second-order valence-electron chi connectivity index (χ2n) is 8.81. The van der Waals surface area contributed by atoms with Crippen molar-refractivity contribution in [3.63, 3.8) is 0 Å². The molecule has 0 fully saturated rings. The Morgan fingerprint density at radius 2 is 1.85 bits per heavy atom. The minimum absolute atomic E-state index is 0.0425. The van der Waals surface area contributed by atoms with Crippen LogP contribution in [-0.2, 0) is 4.79 Å². The molecule has 3 rings (SSSR count). The molecule has 0 aliphatic rings. The molecule has 250 valence electrons. The lowest BCUT2D eigenvalue weighted by molar-refractivity contribution is -0.119. The number of carbonyl (C=O) groups excluding carboxylic acids is 1. The Morgan fingerprint density at radius 1 is 1.24 bits per heavy atom. The number of aryl methyl sites for hydroxylation is 1. The number of methoxy groups -OCH3 is 1. The topological polar surface area (TPSA) is 184 Å². The predicted octanol–water partition coefficient (Wildman–Crippen LogP) is 4.99. The first-order chi connectivity index (χ1) is 21.7. The van der Waals surface area contributed by atoms with E-state index >= 15 is 4.39 Å². The number of aromatic nitrogens is 1. The SMILES string of the molecule is C=C(O)C(F)(F)F.COc1cc(OCCF)c(F)c(C(Nc2ccc(C)cc2)/C(=N/N(C)c2cccc(N)n2)NC=O)c1.N=CN. The van der Waals surface area contributed by atoms with Crippen LogP contribution in [0, 0.1) is 18.2 Å². The van der Waals surface area contributed by atoms with Crippen LogP contribution in [0.2, 0.25) is 0 Å². The standard InChI is InChI=1S/C25H28F2N6O3.C3H3F3O.CH4N2/c1-16-7-9-17(10-8-16)30-24(19-13-18(35-3)14-20(23(19)27)36-12-11-26)25(29-15-34)32-33(2)22-6-4-5-21(28)31-22;1-2(7)3(4,5)6;2-1-3/h4-10,13-15,24,30H,11-12H2,1-3H3,(H2,28,31)(H,29,32,34);7H,1H2;1H,(H3,2,3). The maximum atomic E-state index is 15.7. The Bertz CT molecular complexity index is 1460. The van der Waals surface area contributed by atoms with Gasteiger partial charge in [0.25, 0.3) is 0 Å². The fraction of sp³-hybridized carbons (Fsp3) is 0.241. The van der Waals surface area contributed by atoms with Gasteiger partial charge in [0.05, 0.1) is 13.4 Å². The van der Waals surface area contributed by atoms with E-state index in [0.717, 1.165) is 11.9 Å². The Balaban J connectivity index is 0.000000920. The number of nitrogens with one attached hydrogen (secondary N) is 3. The number of rotatable bonds is 11. The van der Waals surface area contributed by atoms with Crippen LogP contribution in [0.4, 0.5) is 39.3 Å². The second-order valence-corrected chi connectivity index (χ2v) is 8.81. The first-order valence-electron chi connectivity index (χ1n) is 13.0. The summed E-state index contributed by atoms with van der Waals surface area (Å²) in [5.41, 5.74) is 11.9. The zero-order chi connectivity index (χ0) is 34.9. The van der Waals surface area contributed by atoms with E-state index in [2.05, 4.69) is 33.0 Å². The lowest BCUT2D eigenvalue weighted by Gasteiger charge is -2.25. The number of nitrogens with two attached hydrogens (primary N) is 2. The number of amides is 1. The molecule has 46 heavy (non-hydrogen) atoms. The molecule has 1 unspecified atom stereocenters. The first kappa shape index (κ1) is 38.4. The Labute approximate surface area is 262 Å². The number of ether oxygens (including phenoxy) is 2. The van der Waals surface area contributed by atoms with Crippen molar-refractivity contribution in [1.82, 2.24) is 10.3 Å². The number of halogens is 5. The summed E-state index contributed by atoms with van der Waals surface area (Å²) in [6, 6.07) is 14.1. The second kappa shape index (κ2) is 18.9. The molecule has 8 N–H and O–H groups in total. The van der Waals surface area contributed by atoms with Gasteiger partial charge in [-0.25, -0.2) is 18.8 Å². The molecule has 1 atom stereocenters. The molecule has 0 bridgehead atoms. The van der Waals surface area contributed by atoms with Gasteiger partial charge in [0.2, 0.25) is 6.41 Å². The molecule has 12 nitrogen and oxygen atoms in total. The normalized spacial score (nSPS) is 11.3. The Morgan fingerprint density at radius 3 is 2.35 bits per heavy atom. The third kappa shape index (κ3) is 12.6. The molecule has 0 aliphatic carbocycles. The summed E-state index contributed by atoms with van der Waals surface area (Å²) in [5.74, 6) is -1.73. The molecule has 0 saturated carbocycles. The van der Waals surface area contributed by atoms with Crippen molar-refractivity contribution in [2.75, 3.05) is 43.5 Å². The van der Waals surface area contributed by atoms with Crippen LogP contribution in [0.1, 0.15) is 17.2 Å². The molecular weight excluding hydrogens is 619 g/mol. The summed E-state index contributed by atoms with van der Waals surface area (Å²) in [5, 5.41) is 25.1. The summed E-state index contributed by atoms with van der Waals surface area (Å²) < 4.78 is 71.5. The minimum Gasteiger partial charge on any atom is -0.505 e. The molecular formula is C29H35F5N8O4. The van der Waals surface area contributed by atoms with Crippen LogP contribution in [0.3, 0.4) is 0 Å². The number of anilines is 3. The number of hydrazone groups is 1. The van der Waals surface area contributed by atoms with Gasteiger partial charge in [-0.1, -0.05) is 30.3 Å². The van der Waals surface area contributed by atoms with Gasteiger partial charge >= 0.3 is 6.18 Å². The molecule has 17 heteroatoms. The molecule has 1 heterocycles. The van der Waals surface area contributed by atoms with Crippen LogP contribution in [-0.4, -0.2) is 62.3 Å². The molecule has 1 aromatic heterocycles. The summed E-state index contributed by atoms with van der Waals surface area (Å²) in [6.45, 7) is 3.06. The predicted molar refractivity (Wildman–Crippen MR) is 166 cm³/mol. The maximum Gasteiger partial charge on any atom is 0.448 e. The van der Waals surface area contributed by atoms with Crippen LogP contribution in [0.5, 0.6) is 11.5 Å². The average molecular weight is 655 g/mol. The Kier molecular flexibility index (Phi) is 15.8. The average Bonchev–Trinajstić information content (AvgIpc) is 3.00. The van der Waals surface area contributed by atoms with E-state index in [9.17, 15) is 22.4 Å². The number of alkyl halides is 4. The number of benzene rings is 2. The third-order valence-electron chi connectivity index (χ3n) is 5.44. The summed E-state index contributed by atoms with van der Waals surface area (Å²) in [4.78, 5) is 15.8. The van der Waals surface area contributed by atoms with Crippen LogP contribution < -0.4 is 36.6 Å². The van der Waals surface area contributed by atoms with Crippen molar-refractivity contribution in [1.29, 1.82) is 5.41 Å². The number of nitrogen functional groups attached to an aromatic ring is 1. The van der Waals surface area contributed by atoms with Crippen LogP contribution in [0.15, 0.2) is 72.0 Å². The van der Waals surface area contributed by atoms with E-state index in [4.69, 9.17) is 25.7 Å². The summed E-state index contributed by atoms with van der Waals surface area (Å²) in [6.07, 6.45) is -3.46. The Hall–Kier alpha value is -5.61. The number of pyridine rings is 1. The van der Waals surface area contributed by atoms with Crippen molar-refractivity contribution in [3.8, 4) is 11.5 Å². The molecule has 3 aromatic rings. The van der Waals surface area contributed by atoms with Gasteiger partial charge in [-0.05, 0) is 37.3 Å². The highest BCUT2D eigenvalue weighted by Gasteiger charge is 2.31. The van der Waals surface area contributed by atoms with Gasteiger partial charge in [-0.2, -0.15) is 18.3 Å². The smallest absolute Gasteiger partial charge is 0.448 e. The fourth-order valence-corrected chi connectivity index (χ4v) is 3.35. The van der Waals surface area contributed by atoms with Crippen molar-refractivity contribution in [3.05, 3.63) is 83.9 Å². The number of carbonyl (C=O) groups is 1. The van der Waals surface area contributed by atoms with Crippen molar-refractivity contribution in [2.45, 2.75) is 19.1 Å². The largest absolute Gasteiger partial charge is 0.505 e. The highest BCUT2D eigenvalue weighted by atomic mass is 19.4. The number of amidine groups is 1. The third-order valence-corrected chi connectivity index (χ3v) is 5.44. The first-order valence-corrected chi connectivity index (χ1v) is 13.0. The van der Waals surface area contributed by atoms with Gasteiger partial charge in [0.1, 0.15) is 30.9 Å². The molecule has 0 aliphatic heterocycles. The van der Waals surface area contributed by atoms with E-state index in [1.807, 2.05) is 31.2 Å². The number of hydrogen-bond acceptors (Lipinski definition) is 10. The fourth-order valence-electron chi connectivity index (χ4n) is 3.35. The molecule has 0 spiro atoms. The van der Waals surface area contributed by atoms with Gasteiger partial charge in [0, 0.05) is 24.4 Å². The highest BCUT2D eigenvalue weighted by Crippen LogP contribution is 2.33. The molecule has 0 radical (unpaired) electrons. The van der Waals surface area contributed by atoms with Gasteiger partial charge in [-0.15, -0.1) is 0 Å². The molecule has 1 amide bonds. The zero-order valence-corrected chi connectivity index (χ0v) is 25.1. The summed E-state index contributed by atoms with van der Waals surface area (Å²) in [7, 11) is 3.02. The van der Waals surface area contributed by atoms with Crippen molar-refractivity contribution < 1.29 is 41.3 Å². The monoisotopic (exact) mass is 654 g/mol. The van der Waals surface area contributed by atoms with Crippen molar-refractivity contribution in [2.24, 2.45) is 10.8 Å². The number of aliphatic hydroxyl groups is 1. The lowest BCUT2D eigenvalue weighted by Crippen LogP contribution is -2.36. The van der Waals surface area contributed by atoms with Crippen LogP contribution >= 0.6 is 0 Å². The number of aliphatic hydroxyl groups excluding tert-OH is 1. The number of hydrogen-bond donors (Lipinski definition) is 6. The van der Waals surface area contributed by atoms with E-state index in [-0.39, 0.29) is 35.3 Å². The highest BCUT2D eigenvalue weighted by molar-refractivity contribution is 5.97. The molecule has 2 aromatic carbocycles. The van der Waals surface area contributed by atoms with Gasteiger partial charge in [-0.3, -0.25) is 10.2 Å². The van der Waals surface area contributed by atoms with E-state index in [1.54, 1.807) is 25.2 Å². The summed E-state index contributed by atoms with van der Waals surface area (Å²) >= 11 is 0. The van der Waals surface area contributed by atoms with E-state index < -0.39 is 30.5 Å². The lowest BCUT2D eigenvalue weighted by atomic mass is 10.0. The quantitative estimate of drug-likeness (QED) is 0.0414. The minimum atomic E-state index is -4.64. The van der Waals surface area contributed by atoms with E-state index in [1.165, 1.54) is 24.3 Å². The van der Waals surface area contributed by atoms with Gasteiger partial charge < -0.3 is 36.7 Å². The molecule has 0 saturated heterocycles. The van der Waals surface area contributed by atoms with Crippen molar-refractivity contribution >= 4 is 35.9 Å². The van der Waals surface area contributed by atoms with Crippen LogP contribution in [0.25, 0.3) is 0 Å². The number of nitrogens with zero attached hydrogens (tertiary/aromatic N) is 3. The van der Waals surface area contributed by atoms with Gasteiger partial charge in [0.15, 0.2) is 29.0 Å².